The summed E-state index contributed by atoms with van der Waals surface area (Å²) in [7, 11) is 1.75. The fraction of sp³-hybridized carbons (Fsp3) is 0.808. The van der Waals surface area contributed by atoms with Crippen molar-refractivity contribution in [3.05, 3.63) is 11.6 Å². The molecule has 7 heteroatoms. The Kier molecular flexibility index (Phi) is 9.53. The van der Waals surface area contributed by atoms with Crippen molar-refractivity contribution in [2.24, 2.45) is 11.3 Å². The largest absolute Gasteiger partial charge is 0.463 e. The van der Waals surface area contributed by atoms with Gasteiger partial charge in [0.1, 0.15) is 6.04 Å². The van der Waals surface area contributed by atoms with Crippen LogP contribution in [0.15, 0.2) is 11.6 Å². The van der Waals surface area contributed by atoms with Crippen molar-refractivity contribution < 1.29 is 19.1 Å². The van der Waals surface area contributed by atoms with Crippen LogP contribution in [0.2, 0.25) is 0 Å². The van der Waals surface area contributed by atoms with Crippen LogP contribution in [0.25, 0.3) is 0 Å². The first kappa shape index (κ1) is 27.4. The summed E-state index contributed by atoms with van der Waals surface area (Å²) < 4.78 is 5.11. The molecule has 1 heterocycles. The van der Waals surface area contributed by atoms with E-state index in [4.69, 9.17) is 4.74 Å². The molecule has 2 rings (SSSR count). The molecule has 0 aromatic heterocycles. The van der Waals surface area contributed by atoms with E-state index in [0.29, 0.717) is 18.2 Å². The molecule has 0 aromatic rings. The van der Waals surface area contributed by atoms with Crippen molar-refractivity contribution in [1.82, 2.24) is 15.1 Å². The standard InChI is InChI=1S/C26H45N3O4/c1-9-33-25(32)18(4)16-21(17(2)3)28(8)24(31)22(26(5,6)7)27-23(30)20-12-10-11-15-29(20)19-13-14-19/h16-17,19-22H,9-15H2,1-8H3,(H,27,30)/t20-,21-,22-/m1/s1. The lowest BCUT2D eigenvalue weighted by Gasteiger charge is -2.40. The van der Waals surface area contributed by atoms with E-state index < -0.39 is 11.5 Å². The highest BCUT2D eigenvalue weighted by molar-refractivity contribution is 5.91. The molecule has 1 saturated heterocycles. The lowest BCUT2D eigenvalue weighted by Crippen LogP contribution is -2.60. The second-order valence-electron chi connectivity index (χ2n) is 11.0. The molecule has 3 atom stereocenters. The van der Waals surface area contributed by atoms with Gasteiger partial charge in [0.2, 0.25) is 11.8 Å². The van der Waals surface area contributed by atoms with Gasteiger partial charge in [0, 0.05) is 18.7 Å². The molecule has 33 heavy (non-hydrogen) atoms. The molecule has 2 fully saturated rings. The summed E-state index contributed by atoms with van der Waals surface area (Å²) in [4.78, 5) is 43.2. The minimum Gasteiger partial charge on any atom is -0.463 e. The van der Waals surface area contributed by atoms with Crippen molar-refractivity contribution in [2.45, 2.75) is 105 Å². The van der Waals surface area contributed by atoms with Crippen molar-refractivity contribution in [3.8, 4) is 0 Å². The number of carbonyl (C=O) groups excluding carboxylic acids is 3. The molecule has 0 spiro atoms. The molecule has 2 aliphatic rings. The van der Waals surface area contributed by atoms with Crippen LogP contribution in [-0.2, 0) is 19.1 Å². The molecule has 1 N–H and O–H groups in total. The molecule has 0 radical (unpaired) electrons. The maximum Gasteiger partial charge on any atom is 0.333 e. The first-order chi connectivity index (χ1) is 15.4. The van der Waals surface area contributed by atoms with Gasteiger partial charge < -0.3 is 15.0 Å². The zero-order chi connectivity index (χ0) is 24.9. The van der Waals surface area contributed by atoms with Gasteiger partial charge in [0.15, 0.2) is 0 Å². The molecular weight excluding hydrogens is 418 g/mol. The number of carbonyl (C=O) groups is 3. The minimum atomic E-state index is -0.657. The first-order valence-electron chi connectivity index (χ1n) is 12.6. The molecular formula is C26H45N3O4. The Morgan fingerprint density at radius 3 is 2.30 bits per heavy atom. The van der Waals surface area contributed by atoms with Crippen LogP contribution in [0.5, 0.6) is 0 Å². The molecule has 188 valence electrons. The predicted octanol–water partition coefficient (Wildman–Crippen LogP) is 3.53. The van der Waals surface area contributed by atoms with Gasteiger partial charge in [-0.25, -0.2) is 4.79 Å². The van der Waals surface area contributed by atoms with Gasteiger partial charge >= 0.3 is 5.97 Å². The van der Waals surface area contributed by atoms with Gasteiger partial charge in [-0.2, -0.15) is 0 Å². The van der Waals surface area contributed by atoms with Gasteiger partial charge in [0.25, 0.3) is 0 Å². The number of ether oxygens (including phenoxy) is 1. The number of esters is 1. The van der Waals surface area contributed by atoms with Crippen LogP contribution < -0.4 is 5.32 Å². The zero-order valence-corrected chi connectivity index (χ0v) is 21.9. The van der Waals surface area contributed by atoms with Crippen LogP contribution in [0.4, 0.5) is 0 Å². The number of amides is 2. The lowest BCUT2D eigenvalue weighted by atomic mass is 9.84. The summed E-state index contributed by atoms with van der Waals surface area (Å²) in [6.07, 6.45) is 7.15. The summed E-state index contributed by atoms with van der Waals surface area (Å²) >= 11 is 0. The van der Waals surface area contributed by atoms with Crippen LogP contribution in [0.1, 0.15) is 80.6 Å². The Morgan fingerprint density at radius 1 is 1.15 bits per heavy atom. The average molecular weight is 464 g/mol. The number of nitrogens with one attached hydrogen (secondary N) is 1. The second kappa shape index (κ2) is 11.5. The number of rotatable bonds is 9. The number of hydrogen-bond acceptors (Lipinski definition) is 5. The van der Waals surface area contributed by atoms with Crippen molar-refractivity contribution >= 4 is 17.8 Å². The third-order valence-electron chi connectivity index (χ3n) is 6.76. The molecule has 2 amide bonds. The van der Waals surface area contributed by atoms with Crippen LogP contribution >= 0.6 is 0 Å². The maximum absolute atomic E-state index is 13.7. The van der Waals surface area contributed by atoms with E-state index in [0.717, 1.165) is 38.6 Å². The molecule has 1 aliphatic carbocycles. The fourth-order valence-electron chi connectivity index (χ4n) is 4.64. The van der Waals surface area contributed by atoms with Gasteiger partial charge in [-0.1, -0.05) is 47.1 Å². The van der Waals surface area contributed by atoms with Crippen LogP contribution in [0.3, 0.4) is 0 Å². The first-order valence-corrected chi connectivity index (χ1v) is 12.6. The van der Waals surface area contributed by atoms with E-state index in [2.05, 4.69) is 10.2 Å². The number of likely N-dealkylation sites (tertiary alicyclic amines) is 1. The smallest absolute Gasteiger partial charge is 0.333 e. The molecule has 7 nitrogen and oxygen atoms in total. The third-order valence-corrected chi connectivity index (χ3v) is 6.76. The third kappa shape index (κ3) is 7.29. The predicted molar refractivity (Wildman–Crippen MR) is 131 cm³/mol. The van der Waals surface area contributed by atoms with E-state index in [1.54, 1.807) is 31.9 Å². The van der Waals surface area contributed by atoms with Gasteiger partial charge in [-0.3, -0.25) is 14.5 Å². The molecule has 0 unspecified atom stereocenters. The summed E-state index contributed by atoms with van der Waals surface area (Å²) in [5.74, 6) is -0.468. The Labute approximate surface area is 200 Å². The fourth-order valence-corrected chi connectivity index (χ4v) is 4.64. The highest BCUT2D eigenvalue weighted by Crippen LogP contribution is 2.33. The highest BCUT2D eigenvalue weighted by Gasteiger charge is 2.42. The minimum absolute atomic E-state index is 0.0392. The quantitative estimate of drug-likeness (QED) is 0.418. The number of nitrogens with zero attached hydrogens (tertiary/aromatic N) is 2. The van der Waals surface area contributed by atoms with E-state index in [9.17, 15) is 14.4 Å². The normalized spacial score (nSPS) is 22.0. The summed E-state index contributed by atoms with van der Waals surface area (Å²) in [6.45, 7) is 14.7. The lowest BCUT2D eigenvalue weighted by molar-refractivity contribution is -0.142. The van der Waals surface area contributed by atoms with Gasteiger partial charge in [0.05, 0.1) is 18.7 Å². The number of hydrogen-bond donors (Lipinski definition) is 1. The van der Waals surface area contributed by atoms with E-state index in [-0.39, 0.29) is 35.8 Å². The molecule has 0 aromatic carbocycles. The summed E-state index contributed by atoms with van der Waals surface area (Å²) in [5.41, 5.74) is 0.0236. The Hall–Kier alpha value is -1.89. The Morgan fingerprint density at radius 2 is 1.79 bits per heavy atom. The Bertz CT molecular complexity index is 736. The molecule has 0 bridgehead atoms. The van der Waals surface area contributed by atoms with Gasteiger partial charge in [-0.05, 0) is 57.4 Å². The Balaban J connectivity index is 2.21. The topological polar surface area (TPSA) is 79.0 Å². The van der Waals surface area contributed by atoms with E-state index in [1.165, 1.54) is 0 Å². The monoisotopic (exact) mass is 463 g/mol. The average Bonchev–Trinajstić information content (AvgIpc) is 3.59. The van der Waals surface area contributed by atoms with Crippen LogP contribution in [0, 0.1) is 11.3 Å². The van der Waals surface area contributed by atoms with Crippen molar-refractivity contribution in [2.75, 3.05) is 20.2 Å². The zero-order valence-electron chi connectivity index (χ0n) is 21.9. The number of piperidine rings is 1. The van der Waals surface area contributed by atoms with E-state index >= 15 is 0 Å². The highest BCUT2D eigenvalue weighted by atomic mass is 16.5. The second-order valence-corrected chi connectivity index (χ2v) is 11.0. The van der Waals surface area contributed by atoms with Crippen LogP contribution in [-0.4, -0.2) is 72.0 Å². The SMILES string of the molecule is CCOC(=O)C(C)=C[C@H](C(C)C)N(C)C(=O)[C@@H](NC(=O)[C@H]1CCCCN1C1CC1)C(C)(C)C. The maximum atomic E-state index is 13.7. The summed E-state index contributed by atoms with van der Waals surface area (Å²) in [5, 5.41) is 3.13. The number of likely N-dealkylation sites (N-methyl/N-ethyl adjacent to an activating group) is 1. The summed E-state index contributed by atoms with van der Waals surface area (Å²) in [6, 6.07) is -0.577. The molecule has 1 saturated carbocycles. The van der Waals surface area contributed by atoms with E-state index in [1.807, 2.05) is 34.6 Å². The van der Waals surface area contributed by atoms with Crippen molar-refractivity contribution in [3.63, 3.8) is 0 Å². The molecule has 1 aliphatic heterocycles. The van der Waals surface area contributed by atoms with Gasteiger partial charge in [-0.15, -0.1) is 0 Å². The van der Waals surface area contributed by atoms with Crippen molar-refractivity contribution in [1.29, 1.82) is 0 Å².